The Morgan fingerprint density at radius 3 is 2.23 bits per heavy atom. The number of anilines is 1. The molecule has 0 saturated carbocycles. The summed E-state index contributed by atoms with van der Waals surface area (Å²) in [6.07, 6.45) is 3.67. The summed E-state index contributed by atoms with van der Waals surface area (Å²) < 4.78 is 0. The fourth-order valence-corrected chi connectivity index (χ4v) is 3.25. The first-order chi connectivity index (χ1) is 10.7. The van der Waals surface area contributed by atoms with Crippen LogP contribution in [0.2, 0.25) is 0 Å². The normalized spacial score (nSPS) is 15.8. The summed E-state index contributed by atoms with van der Waals surface area (Å²) in [6, 6.07) is 18.8. The minimum absolute atomic E-state index is 0.133. The first-order valence-corrected chi connectivity index (χ1v) is 8.12. The van der Waals surface area contributed by atoms with E-state index >= 15 is 0 Å². The second-order valence-corrected chi connectivity index (χ2v) is 6.22. The van der Waals surface area contributed by atoms with Gasteiger partial charge in [-0.15, -0.1) is 0 Å². The number of hydrogen-bond acceptors (Lipinski definition) is 2. The molecule has 0 atom stereocenters. The number of rotatable bonds is 4. The van der Waals surface area contributed by atoms with E-state index in [0.29, 0.717) is 0 Å². The van der Waals surface area contributed by atoms with Crippen molar-refractivity contribution in [2.75, 3.05) is 18.0 Å². The van der Waals surface area contributed by atoms with Crippen LogP contribution in [0.1, 0.15) is 35.7 Å². The molecule has 22 heavy (non-hydrogen) atoms. The van der Waals surface area contributed by atoms with Gasteiger partial charge in [0, 0.05) is 24.3 Å². The number of hydrogen-bond donors (Lipinski definition) is 0. The highest BCUT2D eigenvalue weighted by Gasteiger charge is 2.19. The number of nitrogens with zero attached hydrogens (tertiary/aromatic N) is 1. The molecule has 2 aromatic rings. The van der Waals surface area contributed by atoms with Crippen molar-refractivity contribution in [1.82, 2.24) is 0 Å². The smallest absolute Gasteiger partial charge is 0.159 e. The maximum absolute atomic E-state index is 11.3. The Morgan fingerprint density at radius 1 is 1.00 bits per heavy atom. The molecule has 0 bridgehead atoms. The van der Waals surface area contributed by atoms with Gasteiger partial charge in [-0.05, 0) is 61.9 Å². The Morgan fingerprint density at radius 2 is 1.64 bits per heavy atom. The van der Waals surface area contributed by atoms with Crippen LogP contribution in [0.25, 0.3) is 0 Å². The van der Waals surface area contributed by atoms with Crippen LogP contribution in [0.4, 0.5) is 5.69 Å². The highest BCUT2D eigenvalue weighted by Crippen LogP contribution is 2.26. The zero-order chi connectivity index (χ0) is 15.4. The number of ketones is 1. The molecule has 114 valence electrons. The third-order valence-electron chi connectivity index (χ3n) is 4.62. The molecule has 0 spiro atoms. The number of benzene rings is 2. The molecular weight excluding hydrogens is 270 g/mol. The minimum atomic E-state index is 0.133. The summed E-state index contributed by atoms with van der Waals surface area (Å²) in [4.78, 5) is 13.8. The van der Waals surface area contributed by atoms with E-state index in [1.807, 2.05) is 12.1 Å². The van der Waals surface area contributed by atoms with Gasteiger partial charge in [0.25, 0.3) is 0 Å². The summed E-state index contributed by atoms with van der Waals surface area (Å²) in [5.41, 5.74) is 3.48. The summed E-state index contributed by atoms with van der Waals surface area (Å²) in [5, 5.41) is 0. The lowest BCUT2D eigenvalue weighted by atomic mass is 9.90. The van der Waals surface area contributed by atoms with Gasteiger partial charge in [0.05, 0.1) is 0 Å². The van der Waals surface area contributed by atoms with Gasteiger partial charge in [0.1, 0.15) is 0 Å². The quantitative estimate of drug-likeness (QED) is 0.781. The standard InChI is InChI=1S/C20H23NO/c1-16(22)19-7-9-20(10-8-19)21-13-11-18(12-14-21)15-17-5-3-2-4-6-17/h2-10,18H,11-15H2,1H3. The van der Waals surface area contributed by atoms with E-state index in [0.717, 1.165) is 24.6 Å². The Labute approximate surface area is 132 Å². The van der Waals surface area contributed by atoms with E-state index in [4.69, 9.17) is 0 Å². The van der Waals surface area contributed by atoms with Crippen LogP contribution in [0.15, 0.2) is 54.6 Å². The fraction of sp³-hybridized carbons (Fsp3) is 0.350. The van der Waals surface area contributed by atoms with Crippen molar-refractivity contribution in [2.45, 2.75) is 26.2 Å². The third-order valence-corrected chi connectivity index (χ3v) is 4.62. The summed E-state index contributed by atoms with van der Waals surface area (Å²) >= 11 is 0. The molecule has 2 aromatic carbocycles. The average Bonchev–Trinajstić information content (AvgIpc) is 2.57. The van der Waals surface area contributed by atoms with Crippen LogP contribution in [-0.2, 0) is 6.42 Å². The number of carbonyl (C=O) groups excluding carboxylic acids is 1. The van der Waals surface area contributed by atoms with Crippen molar-refractivity contribution in [3.8, 4) is 0 Å². The monoisotopic (exact) mass is 293 g/mol. The lowest BCUT2D eigenvalue weighted by Gasteiger charge is -2.33. The number of Topliss-reactive ketones (excluding diaryl/α,β-unsaturated/α-hetero) is 1. The number of piperidine rings is 1. The first-order valence-electron chi connectivity index (χ1n) is 8.12. The molecule has 3 rings (SSSR count). The van der Waals surface area contributed by atoms with Gasteiger partial charge >= 0.3 is 0 Å². The van der Waals surface area contributed by atoms with Gasteiger partial charge < -0.3 is 4.90 Å². The molecule has 0 amide bonds. The van der Waals surface area contributed by atoms with Gasteiger partial charge in [0.2, 0.25) is 0 Å². The van der Waals surface area contributed by atoms with Crippen LogP contribution < -0.4 is 4.90 Å². The van der Waals surface area contributed by atoms with E-state index in [1.165, 1.54) is 30.5 Å². The van der Waals surface area contributed by atoms with Crippen LogP contribution >= 0.6 is 0 Å². The lowest BCUT2D eigenvalue weighted by molar-refractivity contribution is 0.101. The summed E-state index contributed by atoms with van der Waals surface area (Å²) in [6.45, 7) is 3.83. The van der Waals surface area contributed by atoms with E-state index in [9.17, 15) is 4.79 Å². The molecule has 1 aliphatic heterocycles. The zero-order valence-corrected chi connectivity index (χ0v) is 13.2. The van der Waals surface area contributed by atoms with Crippen molar-refractivity contribution in [1.29, 1.82) is 0 Å². The molecule has 0 unspecified atom stereocenters. The van der Waals surface area contributed by atoms with E-state index in [-0.39, 0.29) is 5.78 Å². The van der Waals surface area contributed by atoms with Gasteiger partial charge in [-0.3, -0.25) is 4.79 Å². The fourth-order valence-electron chi connectivity index (χ4n) is 3.25. The van der Waals surface area contributed by atoms with Crippen LogP contribution in [-0.4, -0.2) is 18.9 Å². The summed E-state index contributed by atoms with van der Waals surface area (Å²) in [5.74, 6) is 0.920. The van der Waals surface area contributed by atoms with Crippen molar-refractivity contribution in [2.24, 2.45) is 5.92 Å². The highest BCUT2D eigenvalue weighted by atomic mass is 16.1. The van der Waals surface area contributed by atoms with Crippen molar-refractivity contribution in [3.05, 3.63) is 65.7 Å². The third kappa shape index (κ3) is 3.56. The van der Waals surface area contributed by atoms with Crippen LogP contribution in [0.5, 0.6) is 0 Å². The Bertz CT molecular complexity index is 610. The maximum Gasteiger partial charge on any atom is 0.159 e. The maximum atomic E-state index is 11.3. The lowest BCUT2D eigenvalue weighted by Crippen LogP contribution is -2.34. The van der Waals surface area contributed by atoms with E-state index in [2.05, 4.69) is 47.4 Å². The molecule has 0 aromatic heterocycles. The second-order valence-electron chi connectivity index (χ2n) is 6.22. The molecule has 0 radical (unpaired) electrons. The minimum Gasteiger partial charge on any atom is -0.372 e. The molecular formula is C20H23NO. The van der Waals surface area contributed by atoms with Crippen molar-refractivity contribution in [3.63, 3.8) is 0 Å². The molecule has 0 N–H and O–H groups in total. The SMILES string of the molecule is CC(=O)c1ccc(N2CCC(Cc3ccccc3)CC2)cc1. The topological polar surface area (TPSA) is 20.3 Å². The van der Waals surface area contributed by atoms with E-state index in [1.54, 1.807) is 6.92 Å². The van der Waals surface area contributed by atoms with Crippen molar-refractivity contribution < 1.29 is 4.79 Å². The van der Waals surface area contributed by atoms with E-state index < -0.39 is 0 Å². The van der Waals surface area contributed by atoms with Crippen molar-refractivity contribution >= 4 is 11.5 Å². The van der Waals surface area contributed by atoms with Crippen LogP contribution in [0, 0.1) is 5.92 Å². The molecule has 1 aliphatic rings. The Balaban J connectivity index is 1.56. The first kappa shape index (κ1) is 14.8. The highest BCUT2D eigenvalue weighted by molar-refractivity contribution is 5.94. The molecule has 2 nitrogen and oxygen atoms in total. The van der Waals surface area contributed by atoms with Crippen LogP contribution in [0.3, 0.4) is 0 Å². The number of carbonyl (C=O) groups is 1. The Kier molecular flexibility index (Phi) is 4.57. The average molecular weight is 293 g/mol. The van der Waals surface area contributed by atoms with Gasteiger partial charge in [-0.2, -0.15) is 0 Å². The molecule has 1 fully saturated rings. The van der Waals surface area contributed by atoms with Gasteiger partial charge in [0.15, 0.2) is 5.78 Å². The Hall–Kier alpha value is -2.09. The zero-order valence-electron chi connectivity index (χ0n) is 13.2. The van der Waals surface area contributed by atoms with Gasteiger partial charge in [-0.1, -0.05) is 30.3 Å². The largest absolute Gasteiger partial charge is 0.372 e. The second kappa shape index (κ2) is 6.78. The predicted molar refractivity (Wildman–Crippen MR) is 91.5 cm³/mol. The molecule has 0 aliphatic carbocycles. The molecule has 1 heterocycles. The van der Waals surface area contributed by atoms with Gasteiger partial charge in [-0.25, -0.2) is 0 Å². The molecule has 2 heteroatoms. The molecule has 1 saturated heterocycles. The summed E-state index contributed by atoms with van der Waals surface area (Å²) in [7, 11) is 0. The predicted octanol–water partition coefficient (Wildman–Crippen LogP) is 4.35.